The molecule has 0 radical (unpaired) electrons. The maximum Gasteiger partial charge on any atom is 0.121 e. The molecule has 1 aromatic rings. The van der Waals surface area contributed by atoms with E-state index in [0.717, 1.165) is 11.7 Å². The summed E-state index contributed by atoms with van der Waals surface area (Å²) in [4.78, 5) is 0. The van der Waals surface area contributed by atoms with Crippen molar-refractivity contribution in [1.29, 1.82) is 0 Å². The zero-order valence-corrected chi connectivity index (χ0v) is 11.7. The zero-order chi connectivity index (χ0) is 12.8. The van der Waals surface area contributed by atoms with Gasteiger partial charge >= 0.3 is 0 Å². The summed E-state index contributed by atoms with van der Waals surface area (Å²) in [6, 6.07) is 6.76. The van der Waals surface area contributed by atoms with Gasteiger partial charge in [-0.1, -0.05) is 13.8 Å². The molecule has 1 unspecified atom stereocenters. The first-order valence-electron chi connectivity index (χ1n) is 6.44. The summed E-state index contributed by atoms with van der Waals surface area (Å²) in [5.74, 6) is 1.72. The zero-order valence-electron chi connectivity index (χ0n) is 11.7. The quantitative estimate of drug-likeness (QED) is 0.796. The minimum Gasteiger partial charge on any atom is -0.496 e. The fourth-order valence-corrected chi connectivity index (χ4v) is 1.91. The first-order valence-corrected chi connectivity index (χ1v) is 6.44. The van der Waals surface area contributed by atoms with Crippen LogP contribution >= 0.6 is 0 Å². The van der Waals surface area contributed by atoms with Crippen LogP contribution in [-0.4, -0.2) is 13.2 Å². The molecule has 0 aliphatic heterocycles. The van der Waals surface area contributed by atoms with Crippen LogP contribution in [0.3, 0.4) is 0 Å². The van der Waals surface area contributed by atoms with Crippen LogP contribution in [0.1, 0.15) is 39.2 Å². The molecule has 1 N–H and O–H groups in total. The average Bonchev–Trinajstić information content (AvgIpc) is 2.26. The van der Waals surface area contributed by atoms with Crippen molar-refractivity contribution >= 4 is 5.69 Å². The summed E-state index contributed by atoms with van der Waals surface area (Å²) in [6.45, 7) is 8.85. The topological polar surface area (TPSA) is 21.3 Å². The Balaban J connectivity index is 2.53. The van der Waals surface area contributed by atoms with Crippen LogP contribution in [0.4, 0.5) is 5.69 Å². The van der Waals surface area contributed by atoms with Crippen molar-refractivity contribution in [1.82, 2.24) is 0 Å². The van der Waals surface area contributed by atoms with Gasteiger partial charge in [-0.2, -0.15) is 0 Å². The number of hydrogen-bond acceptors (Lipinski definition) is 2. The molecule has 96 valence electrons. The second kappa shape index (κ2) is 6.53. The van der Waals surface area contributed by atoms with E-state index in [4.69, 9.17) is 4.74 Å². The molecule has 17 heavy (non-hydrogen) atoms. The van der Waals surface area contributed by atoms with E-state index in [2.05, 4.69) is 45.1 Å². The Morgan fingerprint density at radius 1 is 1.18 bits per heavy atom. The van der Waals surface area contributed by atoms with E-state index in [9.17, 15) is 0 Å². The molecule has 0 aliphatic carbocycles. The van der Waals surface area contributed by atoms with Crippen LogP contribution in [0, 0.1) is 12.8 Å². The van der Waals surface area contributed by atoms with Crippen molar-refractivity contribution in [3.63, 3.8) is 0 Å². The van der Waals surface area contributed by atoms with Gasteiger partial charge in [0.2, 0.25) is 0 Å². The number of anilines is 1. The van der Waals surface area contributed by atoms with Gasteiger partial charge in [0, 0.05) is 11.7 Å². The Kier molecular flexibility index (Phi) is 5.33. The van der Waals surface area contributed by atoms with E-state index >= 15 is 0 Å². The fraction of sp³-hybridized carbons (Fsp3) is 0.600. The molecule has 0 saturated carbocycles. The monoisotopic (exact) mass is 235 g/mol. The van der Waals surface area contributed by atoms with Crippen molar-refractivity contribution < 1.29 is 4.74 Å². The molecule has 0 aliphatic rings. The van der Waals surface area contributed by atoms with Crippen molar-refractivity contribution in [2.45, 2.75) is 46.6 Å². The van der Waals surface area contributed by atoms with Gasteiger partial charge in [-0.15, -0.1) is 0 Å². The highest BCUT2D eigenvalue weighted by Gasteiger charge is 2.05. The molecule has 0 fully saturated rings. The van der Waals surface area contributed by atoms with Crippen LogP contribution in [0.5, 0.6) is 5.75 Å². The molecule has 0 amide bonds. The molecule has 1 rings (SSSR count). The number of rotatable bonds is 6. The largest absolute Gasteiger partial charge is 0.496 e. The molecule has 2 nitrogen and oxygen atoms in total. The van der Waals surface area contributed by atoms with Crippen LogP contribution in [0.2, 0.25) is 0 Å². The summed E-state index contributed by atoms with van der Waals surface area (Å²) in [5.41, 5.74) is 2.35. The molecule has 0 heterocycles. The van der Waals surface area contributed by atoms with Gasteiger partial charge in [0.05, 0.1) is 7.11 Å². The van der Waals surface area contributed by atoms with E-state index in [1.54, 1.807) is 7.11 Å². The van der Waals surface area contributed by atoms with Gasteiger partial charge in [0.25, 0.3) is 0 Å². The van der Waals surface area contributed by atoms with Crippen LogP contribution < -0.4 is 10.1 Å². The number of benzene rings is 1. The first-order chi connectivity index (χ1) is 8.02. The Hall–Kier alpha value is -1.18. The third-order valence-electron chi connectivity index (χ3n) is 2.98. The van der Waals surface area contributed by atoms with Crippen LogP contribution in [-0.2, 0) is 0 Å². The van der Waals surface area contributed by atoms with Crippen molar-refractivity contribution in [2.75, 3.05) is 12.4 Å². The second-order valence-electron chi connectivity index (χ2n) is 5.20. The lowest BCUT2D eigenvalue weighted by molar-refractivity contribution is 0.411. The minimum atomic E-state index is 0.519. The number of methoxy groups -OCH3 is 1. The Labute approximate surface area is 105 Å². The smallest absolute Gasteiger partial charge is 0.121 e. The third-order valence-corrected chi connectivity index (χ3v) is 2.98. The number of nitrogens with one attached hydrogen (secondary N) is 1. The standard InChI is InChI=1S/C15H25NO/c1-11(2)6-7-13(4)16-14-8-9-15(17-5)12(3)10-14/h8-11,13,16H,6-7H2,1-5H3. The van der Waals surface area contributed by atoms with Gasteiger partial charge in [0.15, 0.2) is 0 Å². The molecule has 1 atom stereocenters. The molecular weight excluding hydrogens is 210 g/mol. The van der Waals surface area contributed by atoms with Crippen molar-refractivity contribution in [3.8, 4) is 5.75 Å². The van der Waals surface area contributed by atoms with Crippen molar-refractivity contribution in [3.05, 3.63) is 23.8 Å². The lowest BCUT2D eigenvalue weighted by atomic mass is 10.0. The molecule has 0 bridgehead atoms. The highest BCUT2D eigenvalue weighted by atomic mass is 16.5. The number of aryl methyl sites for hydroxylation is 1. The molecule has 1 aromatic carbocycles. The highest BCUT2D eigenvalue weighted by molar-refractivity contribution is 5.51. The predicted molar refractivity (Wildman–Crippen MR) is 74.9 cm³/mol. The molecule has 2 heteroatoms. The van der Waals surface area contributed by atoms with E-state index in [1.807, 2.05) is 6.07 Å². The summed E-state index contributed by atoms with van der Waals surface area (Å²) in [7, 11) is 1.71. The van der Waals surface area contributed by atoms with E-state index in [1.165, 1.54) is 24.1 Å². The SMILES string of the molecule is COc1ccc(NC(C)CCC(C)C)cc1C. The predicted octanol–water partition coefficient (Wildman–Crippen LogP) is 4.24. The van der Waals surface area contributed by atoms with Crippen LogP contribution in [0.25, 0.3) is 0 Å². The Morgan fingerprint density at radius 2 is 1.88 bits per heavy atom. The molecular formula is C15H25NO. The Bertz CT molecular complexity index is 347. The maximum absolute atomic E-state index is 5.26. The van der Waals surface area contributed by atoms with Gasteiger partial charge in [0.1, 0.15) is 5.75 Å². The fourth-order valence-electron chi connectivity index (χ4n) is 1.91. The first kappa shape index (κ1) is 13.9. The van der Waals surface area contributed by atoms with E-state index in [0.29, 0.717) is 6.04 Å². The van der Waals surface area contributed by atoms with E-state index < -0.39 is 0 Å². The molecule has 0 saturated heterocycles. The summed E-state index contributed by atoms with van der Waals surface area (Å²) < 4.78 is 5.26. The van der Waals surface area contributed by atoms with Gasteiger partial charge in [-0.3, -0.25) is 0 Å². The third kappa shape index (κ3) is 4.68. The highest BCUT2D eigenvalue weighted by Crippen LogP contribution is 2.22. The minimum absolute atomic E-state index is 0.519. The van der Waals surface area contributed by atoms with Gasteiger partial charge < -0.3 is 10.1 Å². The lowest BCUT2D eigenvalue weighted by Gasteiger charge is -2.17. The van der Waals surface area contributed by atoms with Gasteiger partial charge in [-0.05, 0) is 56.4 Å². The Morgan fingerprint density at radius 3 is 2.41 bits per heavy atom. The lowest BCUT2D eigenvalue weighted by Crippen LogP contribution is -2.15. The summed E-state index contributed by atoms with van der Waals surface area (Å²) >= 11 is 0. The summed E-state index contributed by atoms with van der Waals surface area (Å²) in [6.07, 6.45) is 2.48. The normalized spacial score (nSPS) is 12.6. The summed E-state index contributed by atoms with van der Waals surface area (Å²) in [5, 5.41) is 3.53. The van der Waals surface area contributed by atoms with Crippen molar-refractivity contribution in [2.24, 2.45) is 5.92 Å². The van der Waals surface area contributed by atoms with E-state index in [-0.39, 0.29) is 0 Å². The molecule has 0 spiro atoms. The number of ether oxygens (including phenoxy) is 1. The number of hydrogen-bond donors (Lipinski definition) is 1. The molecule has 0 aromatic heterocycles. The average molecular weight is 235 g/mol. The van der Waals surface area contributed by atoms with Crippen LogP contribution in [0.15, 0.2) is 18.2 Å². The van der Waals surface area contributed by atoms with Gasteiger partial charge in [-0.25, -0.2) is 0 Å². The second-order valence-corrected chi connectivity index (χ2v) is 5.20. The maximum atomic E-state index is 5.26.